The highest BCUT2D eigenvalue weighted by Crippen LogP contribution is 2.11. The molecule has 0 saturated heterocycles. The maximum absolute atomic E-state index is 12.8. The minimum absolute atomic E-state index is 0.00471. The van der Waals surface area contributed by atoms with Gasteiger partial charge in [0.1, 0.15) is 12.6 Å². The predicted octanol–water partition coefficient (Wildman–Crippen LogP) is 14.2. The second-order valence-electron chi connectivity index (χ2n) is 18.0. The quantitative estimate of drug-likeness (QED) is 0.0259. The van der Waals surface area contributed by atoms with Crippen LogP contribution in [0.15, 0.2) is 134 Å². The summed E-state index contributed by atoms with van der Waals surface area (Å²) in [5.74, 6) is -1.84. The normalized spacial score (nSPS) is 14.0. The van der Waals surface area contributed by atoms with E-state index in [9.17, 15) is 19.5 Å². The van der Waals surface area contributed by atoms with E-state index >= 15 is 0 Å². The summed E-state index contributed by atoms with van der Waals surface area (Å²) in [5.41, 5.74) is 0. The van der Waals surface area contributed by atoms with Crippen molar-refractivity contribution < 1.29 is 38.2 Å². The van der Waals surface area contributed by atoms with Crippen LogP contribution in [0.5, 0.6) is 0 Å². The van der Waals surface area contributed by atoms with Gasteiger partial charge in [-0.2, -0.15) is 0 Å². The third-order valence-electron chi connectivity index (χ3n) is 10.8. The summed E-state index contributed by atoms with van der Waals surface area (Å²) in [4.78, 5) is 37.1. The van der Waals surface area contributed by atoms with Gasteiger partial charge in [0, 0.05) is 19.3 Å². The molecule has 2 atom stereocenters. The molecule has 0 N–H and O–H groups in total. The van der Waals surface area contributed by atoms with Crippen molar-refractivity contribution in [1.82, 2.24) is 0 Å². The van der Waals surface area contributed by atoms with E-state index in [0.29, 0.717) is 12.8 Å². The monoisotopic (exact) mass is 942 g/mol. The van der Waals surface area contributed by atoms with Crippen LogP contribution >= 0.6 is 0 Å². The van der Waals surface area contributed by atoms with Crippen molar-refractivity contribution >= 4 is 17.9 Å². The fourth-order valence-corrected chi connectivity index (χ4v) is 6.74. The minimum Gasteiger partial charge on any atom is -0.544 e. The lowest BCUT2D eigenvalue weighted by Crippen LogP contribution is -2.55. The van der Waals surface area contributed by atoms with Crippen LogP contribution in [0.2, 0.25) is 0 Å². The lowest BCUT2D eigenvalue weighted by Gasteiger charge is -2.34. The highest BCUT2D eigenvalue weighted by molar-refractivity contribution is 5.70. The topological polar surface area (TPSA) is 102 Å². The molecular formula is C60H95NO7. The standard InChI is InChI=1S/C60H95NO7/c1-6-8-10-12-14-16-18-20-22-24-26-28-29-31-32-34-36-38-40-42-44-46-48-50-58(62)67-55-56(54-66-53-52-57(60(64)65)61(3,4)5)68-59(63)51-49-47-45-43-41-39-37-35-33-30-27-25-23-21-19-17-15-13-11-9-7-2/h8,10,14-17,20-23,26-28,30-32,35-38,41,43,56-57H,6-7,9,11-13,18-19,24-25,29,33-34,39-40,42,44-55H2,1-5H3/b10-8+,16-14+,17-15+,22-20+,23-21+,28-26+,30-27+,32-31+,37-35+,38-36+,43-41+. The van der Waals surface area contributed by atoms with E-state index < -0.39 is 18.1 Å². The molecule has 0 fully saturated rings. The van der Waals surface area contributed by atoms with Crippen molar-refractivity contribution in [2.45, 2.75) is 187 Å². The van der Waals surface area contributed by atoms with Gasteiger partial charge in [0.2, 0.25) is 0 Å². The zero-order chi connectivity index (χ0) is 49.9. The lowest BCUT2D eigenvalue weighted by molar-refractivity contribution is -0.889. The Kier molecular flexibility index (Phi) is 45.7. The number of rotatable bonds is 45. The van der Waals surface area contributed by atoms with Gasteiger partial charge < -0.3 is 28.6 Å². The molecule has 0 aromatic rings. The highest BCUT2D eigenvalue weighted by Gasteiger charge is 2.25. The summed E-state index contributed by atoms with van der Waals surface area (Å²) < 4.78 is 17.2. The van der Waals surface area contributed by atoms with Gasteiger partial charge in [-0.3, -0.25) is 9.59 Å². The summed E-state index contributed by atoms with van der Waals surface area (Å²) in [7, 11) is 5.38. The first-order valence-corrected chi connectivity index (χ1v) is 26.2. The largest absolute Gasteiger partial charge is 0.544 e. The average Bonchev–Trinajstić information content (AvgIpc) is 3.30. The molecule has 8 heteroatoms. The molecule has 0 aliphatic rings. The van der Waals surface area contributed by atoms with Crippen molar-refractivity contribution in [3.8, 4) is 0 Å². The molecular weight excluding hydrogens is 847 g/mol. The first-order chi connectivity index (χ1) is 33.1. The highest BCUT2D eigenvalue weighted by atomic mass is 16.6. The molecule has 8 nitrogen and oxygen atoms in total. The van der Waals surface area contributed by atoms with Crippen LogP contribution in [0.25, 0.3) is 0 Å². The Hall–Kier alpha value is -4.53. The van der Waals surface area contributed by atoms with Crippen molar-refractivity contribution in [2.75, 3.05) is 41.0 Å². The summed E-state index contributed by atoms with van der Waals surface area (Å²) in [5, 5.41) is 11.7. The number of ether oxygens (including phenoxy) is 3. The number of unbranched alkanes of at least 4 members (excludes halogenated alkanes) is 9. The Labute approximate surface area is 415 Å². The molecule has 0 aliphatic carbocycles. The summed E-state index contributed by atoms with van der Waals surface area (Å²) in [6, 6.07) is -0.748. The van der Waals surface area contributed by atoms with Crippen LogP contribution in [-0.2, 0) is 28.6 Å². The van der Waals surface area contributed by atoms with E-state index in [1.54, 1.807) is 21.1 Å². The molecule has 2 unspecified atom stereocenters. The molecule has 0 saturated carbocycles. The van der Waals surface area contributed by atoms with E-state index in [-0.39, 0.29) is 49.1 Å². The van der Waals surface area contributed by atoms with Gasteiger partial charge in [-0.25, -0.2) is 0 Å². The second kappa shape index (κ2) is 48.9. The van der Waals surface area contributed by atoms with Crippen LogP contribution in [0, 0.1) is 0 Å². The number of carboxylic acid groups (broad SMARTS) is 1. The van der Waals surface area contributed by atoms with Crippen LogP contribution in [0.1, 0.15) is 174 Å². The van der Waals surface area contributed by atoms with E-state index in [2.05, 4.69) is 148 Å². The van der Waals surface area contributed by atoms with Gasteiger partial charge in [-0.1, -0.05) is 173 Å². The Bertz CT molecular complexity index is 1570. The first-order valence-electron chi connectivity index (χ1n) is 26.2. The number of nitrogens with zero attached hydrogens (tertiary/aromatic N) is 1. The predicted molar refractivity (Wildman–Crippen MR) is 286 cm³/mol. The molecule has 0 aliphatic heterocycles. The van der Waals surface area contributed by atoms with Gasteiger partial charge in [-0.05, 0) is 116 Å². The van der Waals surface area contributed by atoms with E-state index in [1.165, 1.54) is 25.7 Å². The zero-order valence-electron chi connectivity index (χ0n) is 43.5. The maximum Gasteiger partial charge on any atom is 0.306 e. The number of hydrogen-bond acceptors (Lipinski definition) is 7. The van der Waals surface area contributed by atoms with Crippen molar-refractivity contribution in [3.63, 3.8) is 0 Å². The number of aliphatic carboxylic acids is 1. The van der Waals surface area contributed by atoms with E-state index in [1.807, 2.05) is 0 Å². The SMILES string of the molecule is CC/C=C/C/C=C/C/C=C/C/C=C/C/C=C/C/C=C/CCCCCCC(=O)OCC(COCCC(C(=O)[O-])[N+](C)(C)C)OC(=O)CCCC/C=C/C/C=C/C/C=C/C/C=C/C/C=C/CCCCC. The smallest absolute Gasteiger partial charge is 0.306 e. The van der Waals surface area contributed by atoms with Gasteiger partial charge >= 0.3 is 11.9 Å². The van der Waals surface area contributed by atoms with Gasteiger partial charge in [-0.15, -0.1) is 0 Å². The number of allylic oxidation sites excluding steroid dienone is 22. The summed E-state index contributed by atoms with van der Waals surface area (Å²) in [6.45, 7) is 4.43. The van der Waals surface area contributed by atoms with Crippen molar-refractivity contribution in [2.24, 2.45) is 0 Å². The minimum atomic E-state index is -1.14. The third kappa shape index (κ3) is 46.6. The zero-order valence-corrected chi connectivity index (χ0v) is 43.5. The van der Waals surface area contributed by atoms with Crippen LogP contribution in [-0.4, -0.2) is 75.5 Å². The van der Waals surface area contributed by atoms with Gasteiger partial charge in [0.25, 0.3) is 0 Å². The molecule has 0 amide bonds. The lowest BCUT2D eigenvalue weighted by atomic mass is 10.1. The maximum atomic E-state index is 12.8. The number of likely N-dealkylation sites (N-methyl/N-ethyl adjacent to an activating group) is 1. The Morgan fingerprint density at radius 2 is 0.824 bits per heavy atom. The molecule has 0 rings (SSSR count). The average molecular weight is 942 g/mol. The second-order valence-corrected chi connectivity index (χ2v) is 18.0. The molecule has 0 heterocycles. The number of quaternary nitrogens is 1. The van der Waals surface area contributed by atoms with Crippen molar-refractivity contribution in [3.05, 3.63) is 134 Å². The third-order valence-corrected chi connectivity index (χ3v) is 10.8. The number of esters is 2. The summed E-state index contributed by atoms with van der Waals surface area (Å²) in [6.07, 6.45) is 70.5. The van der Waals surface area contributed by atoms with Crippen LogP contribution in [0.3, 0.4) is 0 Å². The first kappa shape index (κ1) is 63.5. The Balaban J connectivity index is 4.42. The van der Waals surface area contributed by atoms with Crippen molar-refractivity contribution in [1.29, 1.82) is 0 Å². The Morgan fingerprint density at radius 3 is 1.24 bits per heavy atom. The van der Waals surface area contributed by atoms with Gasteiger partial charge in [0.15, 0.2) is 6.10 Å². The number of carbonyl (C=O) groups excluding carboxylic acids is 3. The Morgan fingerprint density at radius 1 is 0.456 bits per heavy atom. The number of carboxylic acids is 1. The number of hydrogen-bond donors (Lipinski definition) is 0. The number of carbonyl (C=O) groups is 3. The summed E-state index contributed by atoms with van der Waals surface area (Å²) >= 11 is 0. The molecule has 0 spiro atoms. The molecule has 382 valence electrons. The fourth-order valence-electron chi connectivity index (χ4n) is 6.74. The fraction of sp³-hybridized carbons (Fsp3) is 0.583. The van der Waals surface area contributed by atoms with E-state index in [0.717, 1.165) is 109 Å². The molecule has 0 bridgehead atoms. The molecule has 0 aromatic heterocycles. The molecule has 0 radical (unpaired) electrons. The van der Waals surface area contributed by atoms with E-state index in [4.69, 9.17) is 14.2 Å². The van der Waals surface area contributed by atoms with Crippen LogP contribution < -0.4 is 5.11 Å². The molecule has 68 heavy (non-hydrogen) atoms. The van der Waals surface area contributed by atoms with Crippen LogP contribution in [0.4, 0.5) is 0 Å². The van der Waals surface area contributed by atoms with Gasteiger partial charge in [0.05, 0.1) is 40.3 Å². The molecule has 0 aromatic carbocycles.